The quantitative estimate of drug-likeness (QED) is 0.796. The van der Waals surface area contributed by atoms with Crippen LogP contribution in [0.15, 0.2) is 22.8 Å². The van der Waals surface area contributed by atoms with Gasteiger partial charge in [0.05, 0.1) is 5.69 Å². The summed E-state index contributed by atoms with van der Waals surface area (Å²) in [4.78, 5) is 0. The van der Waals surface area contributed by atoms with Crippen molar-refractivity contribution in [1.29, 1.82) is 0 Å². The Morgan fingerprint density at radius 2 is 2.40 bits per heavy atom. The largest absolute Gasteiger partial charge is 0.379 e. The van der Waals surface area contributed by atoms with Crippen LogP contribution in [-0.2, 0) is 12.6 Å². The smallest absolute Gasteiger partial charge is 0.128 e. The molecule has 1 aliphatic carbocycles. The van der Waals surface area contributed by atoms with Crippen molar-refractivity contribution in [2.45, 2.75) is 25.4 Å². The molecule has 2 unspecified atom stereocenters. The van der Waals surface area contributed by atoms with Gasteiger partial charge in [-0.1, -0.05) is 19.1 Å². The highest BCUT2D eigenvalue weighted by Gasteiger charge is 2.32. The lowest BCUT2D eigenvalue weighted by atomic mass is 9.84. The van der Waals surface area contributed by atoms with Crippen LogP contribution in [0.3, 0.4) is 0 Å². The number of aryl methyl sites for hydroxylation is 1. The van der Waals surface area contributed by atoms with Gasteiger partial charge in [-0.15, -0.1) is 0 Å². The number of hydrogen-bond donors (Lipinski definition) is 1. The van der Waals surface area contributed by atoms with Crippen LogP contribution in [0.2, 0.25) is 0 Å². The second-order valence-corrected chi connectivity index (χ2v) is 5.09. The SMILES string of the molecule is CC1C=CC(O)(c2cc(Br)nn2C)CC1. The monoisotopic (exact) mass is 270 g/mol. The fraction of sp³-hybridized carbons (Fsp3) is 0.545. The number of aliphatic hydroxyl groups is 1. The second-order valence-electron chi connectivity index (χ2n) is 4.28. The molecule has 1 aromatic rings. The van der Waals surface area contributed by atoms with E-state index in [0.29, 0.717) is 5.92 Å². The van der Waals surface area contributed by atoms with Crippen molar-refractivity contribution in [1.82, 2.24) is 9.78 Å². The molecule has 0 aromatic carbocycles. The van der Waals surface area contributed by atoms with E-state index in [2.05, 4.69) is 34.0 Å². The molecule has 0 saturated carbocycles. The van der Waals surface area contributed by atoms with Gasteiger partial charge in [-0.2, -0.15) is 5.10 Å². The Morgan fingerprint density at radius 3 is 2.87 bits per heavy atom. The number of halogens is 1. The molecule has 0 aliphatic heterocycles. The molecule has 0 bridgehead atoms. The van der Waals surface area contributed by atoms with Crippen molar-refractivity contribution in [3.63, 3.8) is 0 Å². The summed E-state index contributed by atoms with van der Waals surface area (Å²) in [6.45, 7) is 2.16. The predicted molar refractivity (Wildman–Crippen MR) is 62.3 cm³/mol. The van der Waals surface area contributed by atoms with Crippen LogP contribution < -0.4 is 0 Å². The molecule has 82 valence electrons. The zero-order valence-corrected chi connectivity index (χ0v) is 10.5. The zero-order valence-electron chi connectivity index (χ0n) is 8.94. The Hall–Kier alpha value is -0.610. The third-order valence-electron chi connectivity index (χ3n) is 2.97. The molecule has 4 heteroatoms. The average Bonchev–Trinajstić information content (AvgIpc) is 2.52. The minimum Gasteiger partial charge on any atom is -0.379 e. The van der Waals surface area contributed by atoms with Gasteiger partial charge in [0.15, 0.2) is 0 Å². The van der Waals surface area contributed by atoms with E-state index in [4.69, 9.17) is 0 Å². The van der Waals surface area contributed by atoms with E-state index >= 15 is 0 Å². The first kappa shape index (κ1) is 10.9. The average molecular weight is 271 g/mol. The molecule has 1 N–H and O–H groups in total. The summed E-state index contributed by atoms with van der Waals surface area (Å²) < 4.78 is 2.49. The minimum atomic E-state index is -0.847. The van der Waals surface area contributed by atoms with Crippen LogP contribution in [0.1, 0.15) is 25.5 Å². The fourth-order valence-electron chi connectivity index (χ4n) is 2.00. The van der Waals surface area contributed by atoms with Gasteiger partial charge in [-0.25, -0.2) is 0 Å². The third-order valence-corrected chi connectivity index (χ3v) is 3.36. The molecular weight excluding hydrogens is 256 g/mol. The first-order valence-electron chi connectivity index (χ1n) is 5.13. The molecule has 1 aromatic heterocycles. The summed E-state index contributed by atoms with van der Waals surface area (Å²) in [7, 11) is 1.85. The van der Waals surface area contributed by atoms with Gasteiger partial charge in [0.25, 0.3) is 0 Å². The lowest BCUT2D eigenvalue weighted by Crippen LogP contribution is -2.29. The zero-order chi connectivity index (χ0) is 11.1. The Kier molecular flexibility index (Phi) is 2.73. The molecular formula is C11H15BrN2O. The molecule has 0 fully saturated rings. The van der Waals surface area contributed by atoms with Crippen LogP contribution in [-0.4, -0.2) is 14.9 Å². The maximum Gasteiger partial charge on any atom is 0.128 e. The number of nitrogens with zero attached hydrogens (tertiary/aromatic N) is 2. The maximum absolute atomic E-state index is 10.5. The predicted octanol–water partition coefficient (Wildman–Crippen LogP) is 2.36. The van der Waals surface area contributed by atoms with Crippen molar-refractivity contribution in [2.75, 3.05) is 0 Å². The first-order valence-corrected chi connectivity index (χ1v) is 5.92. The Bertz CT molecular complexity index is 399. The van der Waals surface area contributed by atoms with Crippen LogP contribution in [0.25, 0.3) is 0 Å². The summed E-state index contributed by atoms with van der Waals surface area (Å²) in [6.07, 6.45) is 5.74. The van der Waals surface area contributed by atoms with Gasteiger partial charge in [0.2, 0.25) is 0 Å². The number of aromatic nitrogens is 2. The van der Waals surface area contributed by atoms with E-state index in [1.807, 2.05) is 19.2 Å². The summed E-state index contributed by atoms with van der Waals surface area (Å²) in [6, 6.07) is 1.88. The van der Waals surface area contributed by atoms with E-state index < -0.39 is 5.60 Å². The lowest BCUT2D eigenvalue weighted by Gasteiger charge is -2.29. The maximum atomic E-state index is 10.5. The lowest BCUT2D eigenvalue weighted by molar-refractivity contribution is 0.0590. The summed E-state index contributed by atoms with van der Waals surface area (Å²) in [5, 5.41) is 14.7. The minimum absolute atomic E-state index is 0.557. The van der Waals surface area contributed by atoms with E-state index in [9.17, 15) is 5.11 Å². The van der Waals surface area contributed by atoms with Crippen molar-refractivity contribution in [3.05, 3.63) is 28.5 Å². The highest BCUT2D eigenvalue weighted by atomic mass is 79.9. The topological polar surface area (TPSA) is 38.1 Å². The van der Waals surface area contributed by atoms with Gasteiger partial charge in [0.1, 0.15) is 10.2 Å². The molecule has 3 nitrogen and oxygen atoms in total. The molecule has 2 rings (SSSR count). The Morgan fingerprint density at radius 1 is 1.67 bits per heavy atom. The van der Waals surface area contributed by atoms with Crippen molar-refractivity contribution < 1.29 is 5.11 Å². The first-order chi connectivity index (χ1) is 7.01. The third kappa shape index (κ3) is 2.01. The van der Waals surface area contributed by atoms with Crippen molar-refractivity contribution >= 4 is 15.9 Å². The molecule has 0 radical (unpaired) electrons. The van der Waals surface area contributed by atoms with Crippen LogP contribution in [0, 0.1) is 5.92 Å². The van der Waals surface area contributed by atoms with Gasteiger partial charge in [-0.05, 0) is 40.8 Å². The molecule has 15 heavy (non-hydrogen) atoms. The molecule has 0 spiro atoms. The van der Waals surface area contributed by atoms with Crippen LogP contribution in [0.4, 0.5) is 0 Å². The number of allylic oxidation sites excluding steroid dienone is 1. The highest BCUT2D eigenvalue weighted by molar-refractivity contribution is 9.10. The van der Waals surface area contributed by atoms with E-state index in [1.165, 1.54) is 0 Å². The normalized spacial score (nSPS) is 30.8. The summed E-state index contributed by atoms with van der Waals surface area (Å²) in [5.74, 6) is 0.557. The van der Waals surface area contributed by atoms with E-state index in [0.717, 1.165) is 23.1 Å². The van der Waals surface area contributed by atoms with Crippen molar-refractivity contribution in [3.8, 4) is 0 Å². The van der Waals surface area contributed by atoms with Crippen molar-refractivity contribution in [2.24, 2.45) is 13.0 Å². The molecule has 2 atom stereocenters. The van der Waals surface area contributed by atoms with E-state index in [1.54, 1.807) is 4.68 Å². The Balaban J connectivity index is 2.38. The second kappa shape index (κ2) is 3.76. The molecule has 1 heterocycles. The standard InChI is InChI=1S/C11H15BrN2O/c1-8-3-5-11(15,6-4-8)9-7-10(12)13-14(9)2/h3,5,7-8,15H,4,6H2,1-2H3. The number of rotatable bonds is 1. The van der Waals surface area contributed by atoms with E-state index in [-0.39, 0.29) is 0 Å². The van der Waals surface area contributed by atoms with Gasteiger partial charge in [-0.3, -0.25) is 4.68 Å². The van der Waals surface area contributed by atoms with Gasteiger partial charge < -0.3 is 5.11 Å². The molecule has 0 saturated heterocycles. The molecule has 0 amide bonds. The van der Waals surface area contributed by atoms with Gasteiger partial charge >= 0.3 is 0 Å². The Labute approximate surface area is 97.9 Å². The molecule has 1 aliphatic rings. The van der Waals surface area contributed by atoms with Gasteiger partial charge in [0, 0.05) is 7.05 Å². The fourth-order valence-corrected chi connectivity index (χ4v) is 2.46. The highest BCUT2D eigenvalue weighted by Crippen LogP contribution is 2.34. The van der Waals surface area contributed by atoms with Crippen LogP contribution in [0.5, 0.6) is 0 Å². The summed E-state index contributed by atoms with van der Waals surface area (Å²) >= 11 is 3.32. The number of hydrogen-bond acceptors (Lipinski definition) is 2. The van der Waals surface area contributed by atoms with Crippen LogP contribution >= 0.6 is 15.9 Å². The summed E-state index contributed by atoms with van der Waals surface area (Å²) in [5.41, 5.74) is -0.00201.